The van der Waals surface area contributed by atoms with E-state index in [4.69, 9.17) is 10.5 Å². The third kappa shape index (κ3) is 2.62. The molecular formula is C16H21N3O. The third-order valence-electron chi connectivity index (χ3n) is 4.05. The lowest BCUT2D eigenvalue weighted by Gasteiger charge is -2.17. The summed E-state index contributed by atoms with van der Waals surface area (Å²) in [6, 6.07) is 8.07. The molecule has 20 heavy (non-hydrogen) atoms. The summed E-state index contributed by atoms with van der Waals surface area (Å²) in [5.74, 6) is 0.660. The molecule has 1 unspecified atom stereocenters. The first-order valence-corrected chi connectivity index (χ1v) is 7.11. The van der Waals surface area contributed by atoms with Crippen LogP contribution < -0.4 is 5.73 Å². The quantitative estimate of drug-likeness (QED) is 0.867. The van der Waals surface area contributed by atoms with Crippen LogP contribution in [0.2, 0.25) is 0 Å². The third-order valence-corrected chi connectivity index (χ3v) is 4.05. The number of pyridine rings is 1. The highest BCUT2D eigenvalue weighted by molar-refractivity contribution is 5.92. The maximum atomic E-state index is 6.02. The predicted octanol–water partition coefficient (Wildman–Crippen LogP) is 2.29. The Morgan fingerprint density at radius 2 is 2.30 bits per heavy atom. The van der Waals surface area contributed by atoms with Crippen LogP contribution in [0.15, 0.2) is 30.5 Å². The second-order valence-corrected chi connectivity index (χ2v) is 5.56. The van der Waals surface area contributed by atoms with E-state index in [0.717, 1.165) is 42.8 Å². The molecule has 3 rings (SSSR count). The van der Waals surface area contributed by atoms with Crippen LogP contribution >= 0.6 is 0 Å². The Balaban J connectivity index is 1.80. The van der Waals surface area contributed by atoms with Crippen LogP contribution in [0.4, 0.5) is 5.69 Å². The topological polar surface area (TPSA) is 51.4 Å². The van der Waals surface area contributed by atoms with Gasteiger partial charge >= 0.3 is 0 Å². The van der Waals surface area contributed by atoms with Gasteiger partial charge in [-0.1, -0.05) is 6.07 Å². The van der Waals surface area contributed by atoms with Gasteiger partial charge in [-0.05, 0) is 42.6 Å². The molecule has 0 aliphatic carbocycles. The van der Waals surface area contributed by atoms with E-state index in [9.17, 15) is 0 Å². The first kappa shape index (κ1) is 13.3. The normalized spacial score (nSPS) is 19.8. The maximum absolute atomic E-state index is 6.02. The molecule has 2 aromatic rings. The van der Waals surface area contributed by atoms with Crippen LogP contribution in [0.1, 0.15) is 12.0 Å². The number of aromatic nitrogens is 1. The van der Waals surface area contributed by atoms with Crippen molar-refractivity contribution in [2.75, 3.05) is 32.5 Å². The van der Waals surface area contributed by atoms with Gasteiger partial charge in [0.15, 0.2) is 0 Å². The second kappa shape index (κ2) is 5.77. The number of hydrogen-bond acceptors (Lipinski definition) is 4. The van der Waals surface area contributed by atoms with Gasteiger partial charge in [0.25, 0.3) is 0 Å². The van der Waals surface area contributed by atoms with E-state index >= 15 is 0 Å². The van der Waals surface area contributed by atoms with Gasteiger partial charge in [0, 0.05) is 37.5 Å². The van der Waals surface area contributed by atoms with Crippen molar-refractivity contribution in [3.05, 3.63) is 36.0 Å². The summed E-state index contributed by atoms with van der Waals surface area (Å²) >= 11 is 0. The number of anilines is 1. The van der Waals surface area contributed by atoms with Crippen LogP contribution in [0.5, 0.6) is 0 Å². The molecule has 0 saturated carbocycles. The molecule has 2 heterocycles. The van der Waals surface area contributed by atoms with Gasteiger partial charge in [0.1, 0.15) is 0 Å². The van der Waals surface area contributed by atoms with E-state index in [1.165, 1.54) is 12.0 Å². The Morgan fingerprint density at radius 1 is 1.40 bits per heavy atom. The summed E-state index contributed by atoms with van der Waals surface area (Å²) < 4.78 is 5.25. The van der Waals surface area contributed by atoms with Crippen molar-refractivity contribution in [3.63, 3.8) is 0 Å². The first-order valence-electron chi connectivity index (χ1n) is 7.11. The zero-order valence-corrected chi connectivity index (χ0v) is 11.9. The van der Waals surface area contributed by atoms with Crippen molar-refractivity contribution in [2.24, 2.45) is 5.92 Å². The molecule has 1 fully saturated rings. The summed E-state index contributed by atoms with van der Waals surface area (Å²) in [6.45, 7) is 4.03. The van der Waals surface area contributed by atoms with Crippen molar-refractivity contribution in [1.29, 1.82) is 0 Å². The highest BCUT2D eigenvalue weighted by Gasteiger charge is 2.22. The predicted molar refractivity (Wildman–Crippen MR) is 81.4 cm³/mol. The minimum atomic E-state index is 0.660. The summed E-state index contributed by atoms with van der Waals surface area (Å²) in [5, 5.41) is 1.05. The number of nitrogens with zero attached hydrogens (tertiary/aromatic N) is 2. The Labute approximate surface area is 119 Å². The molecule has 0 bridgehead atoms. The van der Waals surface area contributed by atoms with Gasteiger partial charge < -0.3 is 10.5 Å². The fourth-order valence-corrected chi connectivity index (χ4v) is 3.05. The van der Waals surface area contributed by atoms with Crippen molar-refractivity contribution in [3.8, 4) is 0 Å². The molecule has 0 spiro atoms. The Kier molecular flexibility index (Phi) is 3.85. The summed E-state index contributed by atoms with van der Waals surface area (Å²) in [6.07, 6.45) is 3.05. The van der Waals surface area contributed by atoms with E-state index in [1.807, 2.05) is 24.4 Å². The maximum Gasteiger partial charge on any atom is 0.0767 e. The summed E-state index contributed by atoms with van der Waals surface area (Å²) in [5.41, 5.74) is 9.11. The molecule has 2 N–H and O–H groups in total. The number of methoxy groups -OCH3 is 1. The number of nitrogen functional groups attached to an aromatic ring is 1. The molecule has 106 valence electrons. The highest BCUT2D eigenvalue weighted by Crippen LogP contribution is 2.25. The molecule has 1 atom stereocenters. The van der Waals surface area contributed by atoms with Gasteiger partial charge in [0.2, 0.25) is 0 Å². The molecule has 0 radical (unpaired) electrons. The van der Waals surface area contributed by atoms with Crippen LogP contribution in [0.3, 0.4) is 0 Å². The molecule has 0 amide bonds. The number of rotatable bonds is 4. The number of nitrogens with two attached hydrogens (primary N) is 1. The Hall–Kier alpha value is -1.65. The molecule has 1 aromatic carbocycles. The molecule has 1 aliphatic rings. The SMILES string of the molecule is COCC1CCN(Cc2ccc(N)c3cccnc23)C1. The number of ether oxygens (including phenoxy) is 1. The number of likely N-dealkylation sites (tertiary alicyclic amines) is 1. The van der Waals surface area contributed by atoms with Gasteiger partial charge in [-0.25, -0.2) is 0 Å². The van der Waals surface area contributed by atoms with Crippen LogP contribution in [0, 0.1) is 5.92 Å². The lowest BCUT2D eigenvalue weighted by molar-refractivity contribution is 0.152. The Morgan fingerprint density at radius 3 is 3.15 bits per heavy atom. The lowest BCUT2D eigenvalue weighted by atomic mass is 10.1. The summed E-state index contributed by atoms with van der Waals surface area (Å²) in [7, 11) is 1.78. The van der Waals surface area contributed by atoms with E-state index in [-0.39, 0.29) is 0 Å². The van der Waals surface area contributed by atoms with Gasteiger partial charge in [-0.3, -0.25) is 9.88 Å². The zero-order valence-electron chi connectivity index (χ0n) is 11.9. The second-order valence-electron chi connectivity index (χ2n) is 5.56. The molecule has 4 heteroatoms. The largest absolute Gasteiger partial charge is 0.398 e. The molecule has 1 aromatic heterocycles. The van der Waals surface area contributed by atoms with E-state index in [2.05, 4.69) is 16.0 Å². The lowest BCUT2D eigenvalue weighted by Crippen LogP contribution is -2.21. The molecule has 1 aliphatic heterocycles. The van der Waals surface area contributed by atoms with Gasteiger partial charge in [0.05, 0.1) is 12.1 Å². The smallest absolute Gasteiger partial charge is 0.0767 e. The monoisotopic (exact) mass is 271 g/mol. The fraction of sp³-hybridized carbons (Fsp3) is 0.438. The molecular weight excluding hydrogens is 250 g/mol. The zero-order chi connectivity index (χ0) is 13.9. The van der Waals surface area contributed by atoms with E-state index in [0.29, 0.717) is 5.92 Å². The van der Waals surface area contributed by atoms with Crippen molar-refractivity contribution < 1.29 is 4.74 Å². The standard InChI is InChI=1S/C16H21N3O/c1-20-11-12-6-8-19(9-12)10-13-4-5-15(17)14-3-2-7-18-16(13)14/h2-5,7,12H,6,8-11,17H2,1H3. The number of fused-ring (bicyclic) bond motifs is 1. The van der Waals surface area contributed by atoms with Crippen molar-refractivity contribution in [2.45, 2.75) is 13.0 Å². The molecule has 4 nitrogen and oxygen atoms in total. The van der Waals surface area contributed by atoms with Crippen LogP contribution in [0.25, 0.3) is 10.9 Å². The summed E-state index contributed by atoms with van der Waals surface area (Å²) in [4.78, 5) is 6.98. The van der Waals surface area contributed by atoms with Crippen molar-refractivity contribution in [1.82, 2.24) is 9.88 Å². The minimum absolute atomic E-state index is 0.660. The Bertz CT molecular complexity index is 599. The number of benzene rings is 1. The average molecular weight is 271 g/mol. The van der Waals surface area contributed by atoms with Crippen LogP contribution in [-0.4, -0.2) is 36.7 Å². The highest BCUT2D eigenvalue weighted by atomic mass is 16.5. The van der Waals surface area contributed by atoms with Gasteiger partial charge in [-0.2, -0.15) is 0 Å². The van der Waals surface area contributed by atoms with Gasteiger partial charge in [-0.15, -0.1) is 0 Å². The number of hydrogen-bond donors (Lipinski definition) is 1. The fourth-order valence-electron chi connectivity index (χ4n) is 3.05. The molecule has 1 saturated heterocycles. The average Bonchev–Trinajstić information content (AvgIpc) is 2.90. The van der Waals surface area contributed by atoms with Crippen molar-refractivity contribution >= 4 is 16.6 Å². The van der Waals surface area contributed by atoms with E-state index < -0.39 is 0 Å². The van der Waals surface area contributed by atoms with Crippen LogP contribution in [-0.2, 0) is 11.3 Å². The van der Waals surface area contributed by atoms with E-state index in [1.54, 1.807) is 7.11 Å². The minimum Gasteiger partial charge on any atom is -0.398 e. The first-order chi connectivity index (χ1) is 9.78.